The van der Waals surface area contributed by atoms with E-state index in [-0.39, 0.29) is 23.8 Å². The Hall–Kier alpha value is -4.46. The zero-order chi connectivity index (χ0) is 26.3. The Balaban J connectivity index is 1.60. The third-order valence-corrected chi connectivity index (χ3v) is 6.20. The number of carbonyl (C=O) groups excluding carboxylic acids is 1. The average Bonchev–Trinajstić information content (AvgIpc) is 3.24. The van der Waals surface area contributed by atoms with E-state index in [2.05, 4.69) is 15.3 Å². The fraction of sp³-hybridized carbons (Fsp3) is 0.241. The topological polar surface area (TPSA) is 98.7 Å². The summed E-state index contributed by atoms with van der Waals surface area (Å²) in [6, 6.07) is 12.5. The maximum absolute atomic E-state index is 13.2. The van der Waals surface area contributed by atoms with Gasteiger partial charge in [-0.1, -0.05) is 6.07 Å². The van der Waals surface area contributed by atoms with Crippen molar-refractivity contribution in [3.05, 3.63) is 93.3 Å². The summed E-state index contributed by atoms with van der Waals surface area (Å²) in [7, 11) is 0. The molecule has 1 aromatic carbocycles. The van der Waals surface area contributed by atoms with Crippen LogP contribution in [0.1, 0.15) is 52.9 Å². The van der Waals surface area contributed by atoms with Crippen molar-refractivity contribution < 1.29 is 13.9 Å². The van der Waals surface area contributed by atoms with Gasteiger partial charge in [0.05, 0.1) is 29.4 Å². The first-order valence-electron chi connectivity index (χ1n) is 12.2. The Labute approximate surface area is 213 Å². The maximum Gasteiger partial charge on any atom is 0.359 e. The molecule has 8 heteroatoms. The van der Waals surface area contributed by atoms with Gasteiger partial charge in [-0.2, -0.15) is 0 Å². The second-order valence-corrected chi connectivity index (χ2v) is 9.21. The van der Waals surface area contributed by atoms with Crippen LogP contribution in [0.2, 0.25) is 0 Å². The number of hydrogen-bond acceptors (Lipinski definition) is 7. The number of aryl methyl sites for hydroxylation is 3. The fourth-order valence-corrected chi connectivity index (χ4v) is 4.50. The number of hydrogen-bond donors (Lipinski definition) is 1. The molecule has 0 saturated heterocycles. The third kappa shape index (κ3) is 4.70. The number of esters is 1. The molecule has 0 bridgehead atoms. The number of nitrogens with one attached hydrogen (secondary N) is 1. The Morgan fingerprint density at radius 3 is 2.65 bits per heavy atom. The predicted molar refractivity (Wildman–Crippen MR) is 143 cm³/mol. The van der Waals surface area contributed by atoms with Crippen molar-refractivity contribution in [2.24, 2.45) is 0 Å². The Morgan fingerprint density at radius 2 is 1.86 bits per heavy atom. The molecule has 8 nitrogen and oxygen atoms in total. The fourth-order valence-electron chi connectivity index (χ4n) is 4.50. The normalized spacial score (nSPS) is 12.1. The molecule has 0 amide bonds. The van der Waals surface area contributed by atoms with E-state index in [1.165, 1.54) is 6.07 Å². The number of ether oxygens (including phenoxy) is 1. The van der Waals surface area contributed by atoms with Crippen LogP contribution in [0.4, 0.5) is 5.69 Å². The molecule has 4 heterocycles. The van der Waals surface area contributed by atoms with Crippen LogP contribution < -0.4 is 10.7 Å². The second kappa shape index (κ2) is 9.54. The van der Waals surface area contributed by atoms with Crippen LogP contribution in [-0.4, -0.2) is 26.9 Å². The molecule has 0 aliphatic rings. The Morgan fingerprint density at radius 1 is 1.05 bits per heavy atom. The third-order valence-electron chi connectivity index (χ3n) is 6.20. The molecule has 1 atom stereocenters. The number of benzene rings is 1. The molecule has 0 saturated carbocycles. The van der Waals surface area contributed by atoms with Gasteiger partial charge in [0.2, 0.25) is 0 Å². The zero-order valence-corrected chi connectivity index (χ0v) is 21.5. The highest BCUT2D eigenvalue weighted by atomic mass is 16.5. The zero-order valence-electron chi connectivity index (χ0n) is 21.5. The molecule has 0 aliphatic heterocycles. The summed E-state index contributed by atoms with van der Waals surface area (Å²) in [5, 5.41) is 3.88. The van der Waals surface area contributed by atoms with Crippen LogP contribution in [0.3, 0.4) is 0 Å². The van der Waals surface area contributed by atoms with E-state index in [0.717, 1.165) is 28.0 Å². The molecule has 0 spiro atoms. The summed E-state index contributed by atoms with van der Waals surface area (Å²) in [5.41, 5.74) is 6.06. The van der Waals surface area contributed by atoms with E-state index in [9.17, 15) is 9.59 Å². The SMILES string of the molecule is CCOC(=O)c1nc(C)ccc1NC(C)c1cc(C)cc2c(=O)cc(-c3ccc4nc(C)cn4c3)oc12. The maximum atomic E-state index is 13.2. The molecule has 0 fully saturated rings. The smallest absolute Gasteiger partial charge is 0.359 e. The highest BCUT2D eigenvalue weighted by Gasteiger charge is 2.20. The molecule has 0 aliphatic carbocycles. The van der Waals surface area contributed by atoms with Gasteiger partial charge in [0.25, 0.3) is 0 Å². The average molecular weight is 497 g/mol. The highest BCUT2D eigenvalue weighted by Crippen LogP contribution is 2.31. The van der Waals surface area contributed by atoms with Crippen LogP contribution in [0, 0.1) is 20.8 Å². The number of pyridine rings is 2. The highest BCUT2D eigenvalue weighted by molar-refractivity contribution is 5.93. The lowest BCUT2D eigenvalue weighted by atomic mass is 10.0. The van der Waals surface area contributed by atoms with Gasteiger partial charge in [-0.15, -0.1) is 0 Å². The first kappa shape index (κ1) is 24.2. The first-order chi connectivity index (χ1) is 17.7. The number of carbonyl (C=O) groups is 1. The summed E-state index contributed by atoms with van der Waals surface area (Å²) in [4.78, 5) is 34.6. The molecular formula is C29H28N4O4. The van der Waals surface area contributed by atoms with E-state index < -0.39 is 5.97 Å². The van der Waals surface area contributed by atoms with Gasteiger partial charge in [-0.05, 0) is 70.5 Å². The number of aromatic nitrogens is 3. The van der Waals surface area contributed by atoms with Gasteiger partial charge in [0.15, 0.2) is 11.1 Å². The number of fused-ring (bicyclic) bond motifs is 2. The van der Waals surface area contributed by atoms with E-state index in [1.54, 1.807) is 6.92 Å². The number of rotatable bonds is 6. The van der Waals surface area contributed by atoms with Gasteiger partial charge in [-0.25, -0.2) is 14.8 Å². The molecular weight excluding hydrogens is 468 g/mol. The molecule has 5 aromatic rings. The molecule has 37 heavy (non-hydrogen) atoms. The lowest BCUT2D eigenvalue weighted by molar-refractivity contribution is 0.0520. The Bertz CT molecular complexity index is 1720. The van der Waals surface area contributed by atoms with Gasteiger partial charge >= 0.3 is 5.97 Å². The van der Waals surface area contributed by atoms with Crippen molar-refractivity contribution in [2.45, 2.75) is 40.7 Å². The quantitative estimate of drug-likeness (QED) is 0.298. The summed E-state index contributed by atoms with van der Waals surface area (Å²) >= 11 is 0. The van der Waals surface area contributed by atoms with E-state index in [1.807, 2.05) is 80.9 Å². The molecule has 1 N–H and O–H groups in total. The van der Waals surface area contributed by atoms with Crippen molar-refractivity contribution in [1.29, 1.82) is 0 Å². The molecule has 188 valence electrons. The molecule has 0 radical (unpaired) electrons. The van der Waals surface area contributed by atoms with Gasteiger partial charge in [-0.3, -0.25) is 4.79 Å². The largest absolute Gasteiger partial charge is 0.461 e. The Kier molecular flexibility index (Phi) is 6.25. The minimum Gasteiger partial charge on any atom is -0.461 e. The van der Waals surface area contributed by atoms with Crippen molar-refractivity contribution >= 4 is 28.3 Å². The van der Waals surface area contributed by atoms with E-state index in [4.69, 9.17) is 9.15 Å². The number of anilines is 1. The predicted octanol–water partition coefficient (Wildman–Crippen LogP) is 5.78. The summed E-state index contributed by atoms with van der Waals surface area (Å²) in [6.07, 6.45) is 3.83. The monoisotopic (exact) mass is 496 g/mol. The van der Waals surface area contributed by atoms with Crippen molar-refractivity contribution in [1.82, 2.24) is 14.4 Å². The van der Waals surface area contributed by atoms with Crippen molar-refractivity contribution in [3.8, 4) is 11.3 Å². The van der Waals surface area contributed by atoms with Crippen LogP contribution in [-0.2, 0) is 4.74 Å². The summed E-state index contributed by atoms with van der Waals surface area (Å²) in [5.74, 6) is -0.0266. The number of nitrogens with zero attached hydrogens (tertiary/aromatic N) is 3. The van der Waals surface area contributed by atoms with Crippen LogP contribution in [0.5, 0.6) is 0 Å². The summed E-state index contributed by atoms with van der Waals surface area (Å²) < 4.78 is 13.5. The molecule has 4 aromatic heterocycles. The molecule has 1 unspecified atom stereocenters. The van der Waals surface area contributed by atoms with Gasteiger partial charge in [0, 0.05) is 35.3 Å². The second-order valence-electron chi connectivity index (χ2n) is 9.21. The molecule has 5 rings (SSSR count). The lowest BCUT2D eigenvalue weighted by Crippen LogP contribution is -2.15. The van der Waals surface area contributed by atoms with Gasteiger partial charge < -0.3 is 18.9 Å². The van der Waals surface area contributed by atoms with Crippen molar-refractivity contribution in [2.75, 3.05) is 11.9 Å². The minimum atomic E-state index is -0.492. The van der Waals surface area contributed by atoms with Crippen LogP contribution in [0.25, 0.3) is 27.9 Å². The first-order valence-corrected chi connectivity index (χ1v) is 12.2. The van der Waals surface area contributed by atoms with Gasteiger partial charge in [0.1, 0.15) is 17.0 Å². The van der Waals surface area contributed by atoms with Crippen LogP contribution >= 0.6 is 0 Å². The standard InChI is InChI=1S/C29H28N4O4/c1-6-36-29(35)27-23(9-7-17(3)31-27)32-19(5)21-11-16(2)12-22-24(34)13-25(37-28(21)22)20-8-10-26-30-18(4)14-33(26)15-20/h7-15,19,32H,6H2,1-5H3. The summed E-state index contributed by atoms with van der Waals surface area (Å²) in [6.45, 7) is 9.66. The number of imidazole rings is 1. The van der Waals surface area contributed by atoms with E-state index >= 15 is 0 Å². The van der Waals surface area contributed by atoms with Crippen molar-refractivity contribution in [3.63, 3.8) is 0 Å². The van der Waals surface area contributed by atoms with E-state index in [0.29, 0.717) is 28.1 Å². The lowest BCUT2D eigenvalue weighted by Gasteiger charge is -2.19. The van der Waals surface area contributed by atoms with Crippen LogP contribution in [0.15, 0.2) is 64.1 Å². The minimum absolute atomic E-state index is 0.125.